The highest BCUT2D eigenvalue weighted by atomic mass is 127. The van der Waals surface area contributed by atoms with Gasteiger partial charge in [0.05, 0.1) is 0 Å². The van der Waals surface area contributed by atoms with E-state index in [1.165, 1.54) is 19.1 Å². The van der Waals surface area contributed by atoms with Gasteiger partial charge in [-0.05, 0) is 19.1 Å². The van der Waals surface area contributed by atoms with E-state index in [1.54, 1.807) is 28.7 Å². The molecule has 3 nitrogen and oxygen atoms in total. The molecule has 72 valence electrons. The number of hydrogen-bond donors (Lipinski definition) is 0. The van der Waals surface area contributed by atoms with Crippen LogP contribution in [0.3, 0.4) is 0 Å². The summed E-state index contributed by atoms with van der Waals surface area (Å²) in [5.41, 5.74) is 1.04. The molecule has 0 saturated carbocycles. The zero-order valence-electron chi connectivity index (χ0n) is 7.41. The predicted octanol–water partition coefficient (Wildman–Crippen LogP) is 2.28. The van der Waals surface area contributed by atoms with Crippen LogP contribution >= 0.6 is 22.6 Å². The summed E-state index contributed by atoms with van der Waals surface area (Å²) in [5, 5.41) is 0. The van der Waals surface area contributed by atoms with Gasteiger partial charge in [0.25, 0.3) is 0 Å². The number of carbonyl (C=O) groups is 3. The minimum atomic E-state index is -0.209. The van der Waals surface area contributed by atoms with Crippen LogP contribution in [0.4, 0.5) is 0 Å². The quantitative estimate of drug-likeness (QED) is 0.372. The number of Topliss-reactive ketones (excluding diaryl/α,β-unsaturated/α-hetero) is 1. The Morgan fingerprint density at radius 3 is 2.43 bits per heavy atom. The molecule has 0 amide bonds. The highest BCUT2D eigenvalue weighted by molar-refractivity contribution is 14.1. The highest BCUT2D eigenvalue weighted by Gasteiger charge is 2.09. The molecule has 0 spiro atoms. The molecule has 4 heteroatoms. The van der Waals surface area contributed by atoms with E-state index in [1.807, 2.05) is 0 Å². The van der Waals surface area contributed by atoms with Crippen molar-refractivity contribution >= 4 is 38.5 Å². The molecule has 0 aliphatic rings. The standard InChI is InChI=1S/C10H7IO3/c1-6(13)7-2-3-9(10(11)14)8(4-7)5-12/h2-5H,1H3. The van der Waals surface area contributed by atoms with E-state index in [0.717, 1.165) is 0 Å². The monoisotopic (exact) mass is 302 g/mol. The van der Waals surface area contributed by atoms with E-state index in [-0.39, 0.29) is 15.1 Å². The van der Waals surface area contributed by atoms with Crippen LogP contribution in [0.2, 0.25) is 0 Å². The van der Waals surface area contributed by atoms with E-state index in [2.05, 4.69) is 0 Å². The summed E-state index contributed by atoms with van der Waals surface area (Å²) in [4.78, 5) is 32.7. The Hall–Kier alpha value is -1.04. The average Bonchev–Trinajstić information content (AvgIpc) is 2.16. The Bertz CT molecular complexity index is 410. The molecule has 0 fully saturated rings. The van der Waals surface area contributed by atoms with Crippen molar-refractivity contribution in [3.05, 3.63) is 34.9 Å². The third-order valence-corrected chi connectivity index (χ3v) is 2.38. The van der Waals surface area contributed by atoms with Gasteiger partial charge < -0.3 is 0 Å². The summed E-state index contributed by atoms with van der Waals surface area (Å²) in [7, 11) is 0. The molecule has 1 aromatic rings. The maximum absolute atomic E-state index is 11.0. The first-order valence-corrected chi connectivity index (χ1v) is 4.94. The maximum Gasteiger partial charge on any atom is 0.223 e. The molecule has 0 unspecified atom stereocenters. The zero-order chi connectivity index (χ0) is 10.7. The van der Waals surface area contributed by atoms with Gasteiger partial charge in [-0.3, -0.25) is 14.4 Å². The molecule has 0 N–H and O–H groups in total. The SMILES string of the molecule is CC(=O)c1ccc(C(=O)I)c(C=O)c1. The van der Waals surface area contributed by atoms with E-state index < -0.39 is 0 Å². The highest BCUT2D eigenvalue weighted by Crippen LogP contribution is 2.14. The lowest BCUT2D eigenvalue weighted by Gasteiger charge is -2.01. The van der Waals surface area contributed by atoms with Crippen LogP contribution in [-0.2, 0) is 0 Å². The van der Waals surface area contributed by atoms with Gasteiger partial charge in [0.2, 0.25) is 3.79 Å². The average molecular weight is 302 g/mol. The third kappa shape index (κ3) is 2.25. The Labute approximate surface area is 94.6 Å². The van der Waals surface area contributed by atoms with Crippen LogP contribution in [0.25, 0.3) is 0 Å². The Morgan fingerprint density at radius 1 is 1.36 bits per heavy atom. The number of benzene rings is 1. The van der Waals surface area contributed by atoms with Crippen LogP contribution in [0.5, 0.6) is 0 Å². The molecule has 1 rings (SSSR count). The molecular formula is C10H7IO3. The Morgan fingerprint density at radius 2 is 2.00 bits per heavy atom. The van der Waals surface area contributed by atoms with Crippen LogP contribution in [-0.4, -0.2) is 15.9 Å². The van der Waals surface area contributed by atoms with Gasteiger partial charge >= 0.3 is 0 Å². The molecule has 0 heterocycles. The van der Waals surface area contributed by atoms with Crippen LogP contribution in [0.15, 0.2) is 18.2 Å². The Balaban J connectivity index is 3.32. The van der Waals surface area contributed by atoms with Gasteiger partial charge in [0.1, 0.15) is 0 Å². The molecule has 0 saturated heterocycles. The van der Waals surface area contributed by atoms with Gasteiger partial charge in [0.15, 0.2) is 12.1 Å². The van der Waals surface area contributed by atoms with Crippen molar-refractivity contribution in [2.45, 2.75) is 6.92 Å². The van der Waals surface area contributed by atoms with Crippen molar-refractivity contribution in [2.24, 2.45) is 0 Å². The molecule has 0 aromatic heterocycles. The van der Waals surface area contributed by atoms with Crippen LogP contribution < -0.4 is 0 Å². The smallest absolute Gasteiger partial charge is 0.223 e. The number of ketones is 1. The van der Waals surface area contributed by atoms with E-state index in [0.29, 0.717) is 17.4 Å². The Kier molecular flexibility index (Phi) is 3.51. The summed E-state index contributed by atoms with van der Waals surface area (Å²) < 4.78 is -0.209. The molecule has 0 aliphatic heterocycles. The second-order valence-corrected chi connectivity index (χ2v) is 3.73. The lowest BCUT2D eigenvalue weighted by atomic mass is 10.0. The van der Waals surface area contributed by atoms with E-state index in [9.17, 15) is 14.4 Å². The van der Waals surface area contributed by atoms with Gasteiger partial charge in [-0.25, -0.2) is 0 Å². The fraction of sp³-hybridized carbons (Fsp3) is 0.100. The van der Waals surface area contributed by atoms with Crippen molar-refractivity contribution in [1.82, 2.24) is 0 Å². The number of carbonyl (C=O) groups excluding carboxylic acids is 3. The fourth-order valence-corrected chi connectivity index (χ4v) is 1.55. The number of rotatable bonds is 3. The maximum atomic E-state index is 11.0. The second kappa shape index (κ2) is 4.45. The largest absolute Gasteiger partial charge is 0.298 e. The van der Waals surface area contributed by atoms with E-state index >= 15 is 0 Å². The van der Waals surface area contributed by atoms with Crippen molar-refractivity contribution in [1.29, 1.82) is 0 Å². The lowest BCUT2D eigenvalue weighted by Crippen LogP contribution is -2.00. The van der Waals surface area contributed by atoms with E-state index in [4.69, 9.17) is 0 Å². The fourth-order valence-electron chi connectivity index (χ4n) is 1.06. The molecule has 0 aliphatic carbocycles. The lowest BCUT2D eigenvalue weighted by molar-refractivity contribution is 0.101. The number of halogens is 1. The first-order chi connectivity index (χ1) is 6.56. The van der Waals surface area contributed by atoms with Crippen molar-refractivity contribution in [3.63, 3.8) is 0 Å². The van der Waals surface area contributed by atoms with Crippen molar-refractivity contribution in [3.8, 4) is 0 Å². The van der Waals surface area contributed by atoms with Gasteiger partial charge in [-0.15, -0.1) is 0 Å². The summed E-state index contributed by atoms with van der Waals surface area (Å²) >= 11 is 1.60. The molecule has 0 radical (unpaired) electrons. The van der Waals surface area contributed by atoms with Gasteiger partial charge in [0, 0.05) is 39.3 Å². The van der Waals surface area contributed by atoms with Gasteiger partial charge in [-0.2, -0.15) is 0 Å². The molecular weight excluding hydrogens is 295 g/mol. The summed E-state index contributed by atoms with van der Waals surface area (Å²) in [5.74, 6) is -0.124. The summed E-state index contributed by atoms with van der Waals surface area (Å²) in [6, 6.07) is 4.47. The topological polar surface area (TPSA) is 51.2 Å². The van der Waals surface area contributed by atoms with Crippen molar-refractivity contribution in [2.75, 3.05) is 0 Å². The normalized spacial score (nSPS) is 9.57. The predicted molar refractivity (Wildman–Crippen MR) is 60.2 cm³/mol. The number of hydrogen-bond acceptors (Lipinski definition) is 3. The molecule has 1 aromatic carbocycles. The van der Waals surface area contributed by atoms with Crippen LogP contribution in [0, 0.1) is 0 Å². The molecule has 0 bridgehead atoms. The summed E-state index contributed by atoms with van der Waals surface area (Å²) in [6.45, 7) is 1.41. The van der Waals surface area contributed by atoms with Crippen LogP contribution in [0.1, 0.15) is 38.0 Å². The zero-order valence-corrected chi connectivity index (χ0v) is 9.57. The molecule has 0 atom stereocenters. The molecule has 14 heavy (non-hydrogen) atoms. The third-order valence-electron chi connectivity index (χ3n) is 1.80. The van der Waals surface area contributed by atoms with Crippen molar-refractivity contribution < 1.29 is 14.4 Å². The summed E-state index contributed by atoms with van der Waals surface area (Å²) in [6.07, 6.45) is 0.582. The number of aldehydes is 1. The minimum absolute atomic E-state index is 0.124. The van der Waals surface area contributed by atoms with Gasteiger partial charge in [-0.1, -0.05) is 6.07 Å². The second-order valence-electron chi connectivity index (χ2n) is 2.75. The first-order valence-electron chi connectivity index (χ1n) is 3.86. The first kappa shape index (κ1) is 11.0. The minimum Gasteiger partial charge on any atom is -0.298 e.